The standard InChI is InChI=1S/C20H21NO/c1-3-14-22-20(4-2)19-13-9-8-12-18(19)16-21-15-17-10-6-5-7-11-17/h2-3,5-13,20-21H,1,14-16H2. The van der Waals surface area contributed by atoms with Crippen LogP contribution in [-0.2, 0) is 17.8 Å². The Balaban J connectivity index is 2.01. The maximum atomic E-state index is 5.65. The Morgan fingerprint density at radius 1 is 1.09 bits per heavy atom. The first-order valence-corrected chi connectivity index (χ1v) is 7.36. The van der Waals surface area contributed by atoms with Crippen molar-refractivity contribution in [2.24, 2.45) is 0 Å². The Hall–Kier alpha value is -2.34. The molecule has 112 valence electrons. The molecule has 2 aromatic rings. The Bertz CT molecular complexity index is 628. The van der Waals surface area contributed by atoms with Crippen molar-refractivity contribution in [3.8, 4) is 12.3 Å². The van der Waals surface area contributed by atoms with Crippen LogP contribution < -0.4 is 5.32 Å². The molecule has 0 spiro atoms. The van der Waals surface area contributed by atoms with Gasteiger partial charge >= 0.3 is 0 Å². The molecule has 0 aliphatic rings. The lowest BCUT2D eigenvalue weighted by atomic mass is 10.0. The Morgan fingerprint density at radius 3 is 2.55 bits per heavy atom. The van der Waals surface area contributed by atoms with Crippen LogP contribution in [0.4, 0.5) is 0 Å². The van der Waals surface area contributed by atoms with E-state index in [1.807, 2.05) is 36.4 Å². The van der Waals surface area contributed by atoms with Crippen LogP contribution in [0.25, 0.3) is 0 Å². The summed E-state index contributed by atoms with van der Waals surface area (Å²) in [7, 11) is 0. The molecule has 0 aromatic heterocycles. The van der Waals surface area contributed by atoms with Gasteiger partial charge in [0.25, 0.3) is 0 Å². The molecular weight excluding hydrogens is 270 g/mol. The van der Waals surface area contributed by atoms with E-state index in [1.165, 1.54) is 5.56 Å². The summed E-state index contributed by atoms with van der Waals surface area (Å²) >= 11 is 0. The molecule has 2 nitrogen and oxygen atoms in total. The summed E-state index contributed by atoms with van der Waals surface area (Å²) in [6, 6.07) is 18.4. The zero-order valence-corrected chi connectivity index (χ0v) is 12.7. The van der Waals surface area contributed by atoms with E-state index in [0.29, 0.717) is 6.61 Å². The molecule has 2 heteroatoms. The third kappa shape index (κ3) is 4.60. The van der Waals surface area contributed by atoms with E-state index in [0.717, 1.165) is 24.2 Å². The molecule has 1 atom stereocenters. The molecule has 0 fully saturated rings. The van der Waals surface area contributed by atoms with Crippen molar-refractivity contribution >= 4 is 0 Å². The van der Waals surface area contributed by atoms with Gasteiger partial charge in [0, 0.05) is 13.1 Å². The number of hydrogen-bond acceptors (Lipinski definition) is 2. The molecule has 1 unspecified atom stereocenters. The highest BCUT2D eigenvalue weighted by Gasteiger charge is 2.12. The second kappa shape index (κ2) is 8.84. The third-order valence-corrected chi connectivity index (χ3v) is 3.36. The van der Waals surface area contributed by atoms with E-state index >= 15 is 0 Å². The van der Waals surface area contributed by atoms with Crippen molar-refractivity contribution < 1.29 is 4.74 Å². The first kappa shape index (κ1) is 16.0. The van der Waals surface area contributed by atoms with Crippen LogP contribution in [0.15, 0.2) is 67.3 Å². The van der Waals surface area contributed by atoms with Crippen LogP contribution in [0.5, 0.6) is 0 Å². The van der Waals surface area contributed by atoms with Gasteiger partial charge in [0.15, 0.2) is 0 Å². The molecule has 0 saturated carbocycles. The van der Waals surface area contributed by atoms with Crippen molar-refractivity contribution in [3.63, 3.8) is 0 Å². The highest BCUT2D eigenvalue weighted by molar-refractivity contribution is 5.33. The van der Waals surface area contributed by atoms with Crippen LogP contribution in [0.3, 0.4) is 0 Å². The fourth-order valence-corrected chi connectivity index (χ4v) is 2.28. The van der Waals surface area contributed by atoms with Gasteiger partial charge < -0.3 is 10.1 Å². The van der Waals surface area contributed by atoms with E-state index < -0.39 is 0 Å². The van der Waals surface area contributed by atoms with Crippen LogP contribution in [0.2, 0.25) is 0 Å². The normalized spacial score (nSPS) is 11.6. The molecule has 0 aliphatic heterocycles. The largest absolute Gasteiger partial charge is 0.357 e. The fourth-order valence-electron chi connectivity index (χ4n) is 2.28. The molecule has 0 radical (unpaired) electrons. The predicted octanol–water partition coefficient (Wildman–Crippen LogP) is 3.85. The molecule has 0 bridgehead atoms. The minimum atomic E-state index is -0.340. The number of benzene rings is 2. The maximum Gasteiger partial charge on any atom is 0.143 e. The first-order chi connectivity index (χ1) is 10.8. The second-order valence-electron chi connectivity index (χ2n) is 4.96. The van der Waals surface area contributed by atoms with E-state index in [4.69, 9.17) is 11.2 Å². The fraction of sp³-hybridized carbons (Fsp3) is 0.200. The number of nitrogens with one attached hydrogen (secondary N) is 1. The van der Waals surface area contributed by atoms with Gasteiger partial charge in [-0.2, -0.15) is 0 Å². The van der Waals surface area contributed by atoms with E-state index in [2.05, 4.69) is 36.0 Å². The van der Waals surface area contributed by atoms with Gasteiger partial charge in [-0.1, -0.05) is 66.6 Å². The minimum Gasteiger partial charge on any atom is -0.357 e. The molecule has 0 amide bonds. The highest BCUT2D eigenvalue weighted by atomic mass is 16.5. The number of rotatable bonds is 8. The van der Waals surface area contributed by atoms with E-state index in [-0.39, 0.29) is 6.10 Å². The molecule has 2 aromatic carbocycles. The monoisotopic (exact) mass is 291 g/mol. The Labute approximate surface area is 132 Å². The number of ether oxygens (including phenoxy) is 1. The average Bonchev–Trinajstić information content (AvgIpc) is 2.58. The smallest absolute Gasteiger partial charge is 0.143 e. The van der Waals surface area contributed by atoms with Crippen molar-refractivity contribution in [1.29, 1.82) is 0 Å². The first-order valence-electron chi connectivity index (χ1n) is 7.36. The summed E-state index contributed by atoms with van der Waals surface area (Å²) in [6.07, 6.45) is 6.97. The molecule has 2 rings (SSSR count). The molecule has 0 saturated heterocycles. The van der Waals surface area contributed by atoms with Gasteiger partial charge in [-0.05, 0) is 16.7 Å². The predicted molar refractivity (Wildman–Crippen MR) is 91.2 cm³/mol. The van der Waals surface area contributed by atoms with Gasteiger partial charge in [-0.3, -0.25) is 0 Å². The summed E-state index contributed by atoms with van der Waals surface area (Å²) in [5, 5.41) is 3.45. The summed E-state index contributed by atoms with van der Waals surface area (Å²) in [6.45, 7) is 5.68. The van der Waals surface area contributed by atoms with Crippen molar-refractivity contribution in [3.05, 3.63) is 83.9 Å². The number of terminal acetylenes is 1. The summed E-state index contributed by atoms with van der Waals surface area (Å²) in [5.74, 6) is 2.70. The minimum absolute atomic E-state index is 0.340. The summed E-state index contributed by atoms with van der Waals surface area (Å²) in [5.41, 5.74) is 3.45. The zero-order valence-electron chi connectivity index (χ0n) is 12.7. The lowest BCUT2D eigenvalue weighted by molar-refractivity contribution is 0.116. The molecule has 1 N–H and O–H groups in total. The average molecular weight is 291 g/mol. The molecule has 0 aliphatic carbocycles. The third-order valence-electron chi connectivity index (χ3n) is 3.36. The van der Waals surface area contributed by atoms with E-state index in [9.17, 15) is 0 Å². The second-order valence-corrected chi connectivity index (χ2v) is 4.96. The molecule has 22 heavy (non-hydrogen) atoms. The molecular formula is C20H21NO. The van der Waals surface area contributed by atoms with Gasteiger partial charge in [0.2, 0.25) is 0 Å². The van der Waals surface area contributed by atoms with Crippen molar-refractivity contribution in [1.82, 2.24) is 5.32 Å². The van der Waals surface area contributed by atoms with Crippen molar-refractivity contribution in [2.45, 2.75) is 19.2 Å². The Kier molecular flexibility index (Phi) is 6.44. The zero-order chi connectivity index (χ0) is 15.6. The highest BCUT2D eigenvalue weighted by Crippen LogP contribution is 2.21. The lowest BCUT2D eigenvalue weighted by Crippen LogP contribution is -2.15. The van der Waals surface area contributed by atoms with Gasteiger partial charge in [-0.25, -0.2) is 0 Å². The molecule has 0 heterocycles. The van der Waals surface area contributed by atoms with Gasteiger partial charge in [0.1, 0.15) is 6.10 Å². The summed E-state index contributed by atoms with van der Waals surface area (Å²) in [4.78, 5) is 0. The Morgan fingerprint density at radius 2 is 1.82 bits per heavy atom. The quantitative estimate of drug-likeness (QED) is 0.589. The SMILES string of the molecule is C#CC(OCC=C)c1ccccc1CNCc1ccccc1. The van der Waals surface area contributed by atoms with Crippen LogP contribution in [0.1, 0.15) is 22.8 Å². The summed E-state index contributed by atoms with van der Waals surface area (Å²) < 4.78 is 5.65. The topological polar surface area (TPSA) is 21.3 Å². The maximum absolute atomic E-state index is 5.65. The lowest BCUT2D eigenvalue weighted by Gasteiger charge is -2.16. The van der Waals surface area contributed by atoms with Crippen LogP contribution >= 0.6 is 0 Å². The van der Waals surface area contributed by atoms with E-state index in [1.54, 1.807) is 6.08 Å². The van der Waals surface area contributed by atoms with Gasteiger partial charge in [0.05, 0.1) is 6.61 Å². The van der Waals surface area contributed by atoms with Crippen LogP contribution in [-0.4, -0.2) is 6.61 Å². The van der Waals surface area contributed by atoms with Crippen LogP contribution in [0, 0.1) is 12.3 Å². The van der Waals surface area contributed by atoms with Gasteiger partial charge in [-0.15, -0.1) is 13.0 Å². The number of hydrogen-bond donors (Lipinski definition) is 1. The van der Waals surface area contributed by atoms with Crippen molar-refractivity contribution in [2.75, 3.05) is 6.61 Å².